The number of halogens is 2. The number of hydrogen-bond donors (Lipinski definition) is 1. The van der Waals surface area contributed by atoms with E-state index >= 15 is 0 Å². The molecule has 0 saturated heterocycles. The van der Waals surface area contributed by atoms with Crippen LogP contribution in [0.1, 0.15) is 26.4 Å². The topological polar surface area (TPSA) is 72.0 Å². The minimum absolute atomic E-state index is 0.102. The Morgan fingerprint density at radius 3 is 2.73 bits per heavy atom. The lowest BCUT2D eigenvalue weighted by Crippen LogP contribution is -2.25. The third kappa shape index (κ3) is 2.44. The minimum atomic E-state index is -0.355. The highest BCUT2D eigenvalue weighted by Crippen LogP contribution is 2.30. The number of aromatic nitrogens is 2. The number of rotatable bonds is 2. The second-order valence-corrected chi connectivity index (χ2v) is 5.95. The monoisotopic (exact) mass is 377 g/mol. The van der Waals surface area contributed by atoms with E-state index in [1.807, 2.05) is 6.92 Å². The molecule has 3 rings (SSSR count). The average molecular weight is 379 g/mol. The highest BCUT2D eigenvalue weighted by Gasteiger charge is 2.32. The van der Waals surface area contributed by atoms with Crippen molar-refractivity contribution in [3.8, 4) is 0 Å². The van der Waals surface area contributed by atoms with E-state index in [0.29, 0.717) is 10.7 Å². The van der Waals surface area contributed by atoms with E-state index in [9.17, 15) is 9.59 Å². The summed E-state index contributed by atoms with van der Waals surface area (Å²) < 4.78 is 0.151. The summed E-state index contributed by atoms with van der Waals surface area (Å²) in [6.07, 6.45) is 2.59. The van der Waals surface area contributed by atoms with Gasteiger partial charge >= 0.3 is 0 Å². The Morgan fingerprint density at radius 1 is 1.23 bits per heavy atom. The molecule has 1 heterocycles. The lowest BCUT2D eigenvalue weighted by molar-refractivity contribution is 0.0979. The number of hydrogen-bond acceptors (Lipinski definition) is 5. The zero-order valence-electron chi connectivity index (χ0n) is 11.4. The Kier molecular flexibility index (Phi) is 3.80. The Balaban J connectivity index is 2.05. The van der Waals surface area contributed by atoms with E-state index in [1.54, 1.807) is 18.2 Å². The third-order valence-electron chi connectivity index (χ3n) is 3.27. The maximum atomic E-state index is 12.5. The average Bonchev–Trinajstić information content (AvgIpc) is 2.51. The first-order valence-corrected chi connectivity index (χ1v) is 7.48. The Bertz CT molecular complexity index is 848. The smallest absolute Gasteiger partial charge is 0.221 e. The number of anilines is 1. The summed E-state index contributed by atoms with van der Waals surface area (Å²) in [5.41, 5.74) is 2.00. The van der Waals surface area contributed by atoms with Crippen molar-refractivity contribution >= 4 is 44.8 Å². The summed E-state index contributed by atoms with van der Waals surface area (Å²) >= 11 is 9.11. The van der Waals surface area contributed by atoms with Gasteiger partial charge in [0, 0.05) is 16.9 Å². The lowest BCUT2D eigenvalue weighted by atomic mass is 9.98. The number of nitrogens with zero attached hydrogens (tertiary/aromatic N) is 2. The predicted molar refractivity (Wildman–Crippen MR) is 86.5 cm³/mol. The number of aryl methyl sites for hydroxylation is 1. The van der Waals surface area contributed by atoms with Crippen LogP contribution in [0.3, 0.4) is 0 Å². The van der Waals surface area contributed by atoms with Gasteiger partial charge in [0.1, 0.15) is 17.7 Å². The molecule has 0 bridgehead atoms. The normalized spacial score (nSPS) is 14.1. The van der Waals surface area contributed by atoms with Gasteiger partial charge in [-0.15, -0.1) is 0 Å². The van der Waals surface area contributed by atoms with Crippen molar-refractivity contribution in [2.24, 2.45) is 0 Å². The number of Topliss-reactive ketones (excluding diaryl/α,β-unsaturated/α-hetero) is 2. The molecule has 1 aromatic carbocycles. The van der Waals surface area contributed by atoms with Crippen LogP contribution in [0.2, 0.25) is 5.02 Å². The number of fused-ring (bicyclic) bond motifs is 1. The Hall–Kier alpha value is -2.05. The zero-order chi connectivity index (χ0) is 15.9. The molecule has 0 spiro atoms. The second-order valence-electron chi connectivity index (χ2n) is 4.72. The SMILES string of the molecule is Cc1cc(Cl)ccc1NC1=C(Br)C(=O)c2ncncc2C1=O. The number of carbonyl (C=O) groups excluding carboxylic acids is 2. The molecule has 110 valence electrons. The molecule has 5 nitrogen and oxygen atoms in total. The van der Waals surface area contributed by atoms with Gasteiger partial charge in [-0.1, -0.05) is 11.6 Å². The summed E-state index contributed by atoms with van der Waals surface area (Å²) in [7, 11) is 0. The van der Waals surface area contributed by atoms with E-state index in [1.165, 1.54) is 12.5 Å². The van der Waals surface area contributed by atoms with Crippen molar-refractivity contribution in [1.29, 1.82) is 0 Å². The van der Waals surface area contributed by atoms with Crippen LogP contribution in [0.15, 0.2) is 40.9 Å². The van der Waals surface area contributed by atoms with E-state index in [2.05, 4.69) is 31.2 Å². The standard InChI is InChI=1S/C15H9BrClN3O2/c1-7-4-8(17)2-3-10(7)20-13-11(16)15(22)12-9(14(13)21)5-18-6-19-12/h2-6,20H,1H3. The molecule has 1 aromatic heterocycles. The quantitative estimate of drug-likeness (QED) is 0.865. The fourth-order valence-corrected chi connectivity index (χ4v) is 2.84. The number of carbonyl (C=O) groups is 2. The minimum Gasteiger partial charge on any atom is -0.351 e. The number of allylic oxidation sites excluding steroid dienone is 2. The highest BCUT2D eigenvalue weighted by molar-refractivity contribution is 9.12. The van der Waals surface area contributed by atoms with Crippen molar-refractivity contribution in [2.75, 3.05) is 5.32 Å². The molecule has 7 heteroatoms. The highest BCUT2D eigenvalue weighted by atomic mass is 79.9. The molecule has 22 heavy (non-hydrogen) atoms. The van der Waals surface area contributed by atoms with Crippen LogP contribution in [-0.2, 0) is 0 Å². The summed E-state index contributed by atoms with van der Waals surface area (Å²) in [5, 5.41) is 3.59. The first kappa shape index (κ1) is 14.9. The molecule has 1 N–H and O–H groups in total. The van der Waals surface area contributed by atoms with E-state index in [0.717, 1.165) is 5.56 Å². The first-order valence-electron chi connectivity index (χ1n) is 6.31. The fourth-order valence-electron chi connectivity index (χ4n) is 2.14. The van der Waals surface area contributed by atoms with Gasteiger partial charge in [0.25, 0.3) is 0 Å². The van der Waals surface area contributed by atoms with Crippen molar-refractivity contribution < 1.29 is 9.59 Å². The molecule has 0 unspecified atom stereocenters. The maximum absolute atomic E-state index is 12.5. The van der Waals surface area contributed by atoms with Crippen LogP contribution in [0, 0.1) is 6.92 Å². The van der Waals surface area contributed by atoms with Crippen molar-refractivity contribution in [3.63, 3.8) is 0 Å². The number of nitrogens with one attached hydrogen (secondary N) is 1. The van der Waals surface area contributed by atoms with Gasteiger partial charge in [-0.3, -0.25) is 9.59 Å². The van der Waals surface area contributed by atoms with Gasteiger partial charge in [0.05, 0.1) is 10.0 Å². The molecule has 0 atom stereocenters. The molecule has 2 aromatic rings. The van der Waals surface area contributed by atoms with Crippen LogP contribution in [-0.4, -0.2) is 21.5 Å². The fraction of sp³-hybridized carbons (Fsp3) is 0.0667. The van der Waals surface area contributed by atoms with Gasteiger partial charge in [-0.2, -0.15) is 0 Å². The van der Waals surface area contributed by atoms with Gasteiger partial charge < -0.3 is 5.32 Å². The van der Waals surface area contributed by atoms with Crippen LogP contribution in [0.4, 0.5) is 5.69 Å². The second kappa shape index (κ2) is 5.62. The van der Waals surface area contributed by atoms with Crippen LogP contribution < -0.4 is 5.32 Å². The number of benzene rings is 1. The number of ketones is 2. The molecule has 1 aliphatic rings. The van der Waals surface area contributed by atoms with Crippen molar-refractivity contribution in [2.45, 2.75) is 6.92 Å². The van der Waals surface area contributed by atoms with Crippen LogP contribution in [0.5, 0.6) is 0 Å². The molecule has 0 radical (unpaired) electrons. The molecule has 1 aliphatic carbocycles. The first-order chi connectivity index (χ1) is 10.5. The predicted octanol–water partition coefficient (Wildman–Crippen LogP) is 3.54. The van der Waals surface area contributed by atoms with Gasteiger partial charge in [0.15, 0.2) is 0 Å². The summed E-state index contributed by atoms with van der Waals surface area (Å²) in [6.45, 7) is 1.86. The van der Waals surface area contributed by atoms with E-state index < -0.39 is 0 Å². The zero-order valence-corrected chi connectivity index (χ0v) is 13.7. The van der Waals surface area contributed by atoms with E-state index in [4.69, 9.17) is 11.6 Å². The molecule has 0 saturated carbocycles. The summed E-state index contributed by atoms with van der Waals surface area (Å²) in [6, 6.07) is 5.22. The Labute approximate surface area is 139 Å². The summed E-state index contributed by atoms with van der Waals surface area (Å²) in [5.74, 6) is -0.692. The van der Waals surface area contributed by atoms with Crippen molar-refractivity contribution in [3.05, 3.63) is 62.7 Å². The van der Waals surface area contributed by atoms with Gasteiger partial charge in [-0.05, 0) is 46.6 Å². The van der Waals surface area contributed by atoms with Crippen molar-refractivity contribution in [1.82, 2.24) is 9.97 Å². The molecule has 0 fully saturated rings. The summed E-state index contributed by atoms with van der Waals surface area (Å²) in [4.78, 5) is 32.5. The third-order valence-corrected chi connectivity index (χ3v) is 4.26. The molecule has 0 amide bonds. The van der Waals surface area contributed by atoms with E-state index in [-0.39, 0.29) is 33.0 Å². The lowest BCUT2D eigenvalue weighted by Gasteiger charge is -2.19. The molecule has 0 aliphatic heterocycles. The molecular formula is C15H9BrClN3O2. The molecular weight excluding hydrogens is 370 g/mol. The van der Waals surface area contributed by atoms with Crippen LogP contribution in [0.25, 0.3) is 0 Å². The van der Waals surface area contributed by atoms with Gasteiger partial charge in [0.2, 0.25) is 11.6 Å². The Morgan fingerprint density at radius 2 is 2.00 bits per heavy atom. The van der Waals surface area contributed by atoms with Gasteiger partial charge in [-0.25, -0.2) is 9.97 Å². The van der Waals surface area contributed by atoms with Crippen LogP contribution >= 0.6 is 27.5 Å². The maximum Gasteiger partial charge on any atom is 0.221 e. The largest absolute Gasteiger partial charge is 0.351 e.